The Kier molecular flexibility index (Phi) is 4.62. The van der Waals surface area contributed by atoms with E-state index in [1.54, 1.807) is 0 Å². The molecule has 0 amide bonds. The van der Waals surface area contributed by atoms with E-state index >= 15 is 0 Å². The second kappa shape index (κ2) is 6.79. The first kappa shape index (κ1) is 17.7. The second-order valence-electron chi connectivity index (χ2n) is 7.87. The van der Waals surface area contributed by atoms with Gasteiger partial charge in [-0.3, -0.25) is 4.79 Å². The van der Waals surface area contributed by atoms with Gasteiger partial charge in [-0.05, 0) is 31.6 Å². The smallest absolute Gasteiger partial charge is 0.303 e. The minimum atomic E-state index is -3.14. The number of carboxylic acid groups (broad SMARTS) is 1. The van der Waals surface area contributed by atoms with Crippen LogP contribution < -0.4 is 4.90 Å². The zero-order valence-electron chi connectivity index (χ0n) is 14.9. The van der Waals surface area contributed by atoms with E-state index in [1.165, 1.54) is 12.8 Å². The van der Waals surface area contributed by atoms with Crippen molar-refractivity contribution in [2.45, 2.75) is 62.4 Å². The van der Waals surface area contributed by atoms with E-state index in [0.717, 1.165) is 56.0 Å². The summed E-state index contributed by atoms with van der Waals surface area (Å²) in [5.41, 5.74) is 1.45. The number of anilines is 1. The van der Waals surface area contributed by atoms with Crippen molar-refractivity contribution >= 4 is 21.6 Å². The highest BCUT2D eigenvalue weighted by atomic mass is 32.2. The third-order valence-corrected chi connectivity index (χ3v) is 7.35. The van der Waals surface area contributed by atoms with E-state index in [0.29, 0.717) is 11.6 Å². The van der Waals surface area contributed by atoms with E-state index in [2.05, 4.69) is 9.88 Å². The van der Waals surface area contributed by atoms with Crippen molar-refractivity contribution in [2.24, 2.45) is 5.92 Å². The molecule has 0 radical (unpaired) electrons. The summed E-state index contributed by atoms with van der Waals surface area (Å²) >= 11 is 0. The molecule has 1 saturated heterocycles. The van der Waals surface area contributed by atoms with Crippen LogP contribution in [0.5, 0.6) is 0 Å². The lowest BCUT2D eigenvalue weighted by molar-refractivity contribution is -0.138. The Bertz CT molecular complexity index is 810. The first-order chi connectivity index (χ1) is 12.4. The normalized spacial score (nSPS) is 23.3. The fraction of sp³-hybridized carbons (Fsp3) is 0.722. The third kappa shape index (κ3) is 3.56. The van der Waals surface area contributed by atoms with E-state index in [1.807, 2.05) is 0 Å². The maximum atomic E-state index is 12.2. The van der Waals surface area contributed by atoms with Gasteiger partial charge in [0.25, 0.3) is 0 Å². The number of carbonyl (C=O) groups is 1. The maximum absolute atomic E-state index is 12.2. The Labute approximate surface area is 153 Å². The quantitative estimate of drug-likeness (QED) is 0.856. The molecule has 3 aliphatic rings. The minimum Gasteiger partial charge on any atom is -0.481 e. The van der Waals surface area contributed by atoms with Crippen molar-refractivity contribution in [2.75, 3.05) is 18.0 Å². The van der Waals surface area contributed by atoms with Crippen LogP contribution >= 0.6 is 0 Å². The first-order valence-corrected chi connectivity index (χ1v) is 11.3. The summed E-state index contributed by atoms with van der Waals surface area (Å²) in [4.78, 5) is 22.6. The molecule has 7 nitrogen and oxygen atoms in total. The van der Waals surface area contributed by atoms with E-state index in [-0.39, 0.29) is 23.8 Å². The molecule has 0 aromatic carbocycles. The Morgan fingerprint density at radius 3 is 2.42 bits per heavy atom. The minimum absolute atomic E-state index is 0.0209. The summed E-state index contributed by atoms with van der Waals surface area (Å²) in [6.07, 6.45) is 6.32. The van der Waals surface area contributed by atoms with Gasteiger partial charge >= 0.3 is 5.97 Å². The van der Waals surface area contributed by atoms with Gasteiger partial charge in [-0.15, -0.1) is 0 Å². The van der Waals surface area contributed by atoms with Crippen LogP contribution in [0.25, 0.3) is 0 Å². The lowest BCUT2D eigenvalue weighted by atomic mass is 9.93. The van der Waals surface area contributed by atoms with Gasteiger partial charge in [0.1, 0.15) is 11.6 Å². The molecule has 0 bridgehead atoms. The highest BCUT2D eigenvalue weighted by Crippen LogP contribution is 2.38. The van der Waals surface area contributed by atoms with Gasteiger partial charge in [-0.1, -0.05) is 12.8 Å². The zero-order valence-corrected chi connectivity index (χ0v) is 15.7. The Balaban J connectivity index is 1.62. The number of rotatable bonds is 4. The summed E-state index contributed by atoms with van der Waals surface area (Å²) in [7, 11) is -3.14. The average Bonchev–Trinajstić information content (AvgIpc) is 3.20. The van der Waals surface area contributed by atoms with Crippen molar-refractivity contribution in [1.29, 1.82) is 0 Å². The fourth-order valence-corrected chi connectivity index (χ4v) is 6.00. The van der Waals surface area contributed by atoms with Gasteiger partial charge in [0.2, 0.25) is 0 Å². The number of aliphatic carboxylic acids is 1. The van der Waals surface area contributed by atoms with Crippen molar-refractivity contribution in [3.8, 4) is 0 Å². The van der Waals surface area contributed by atoms with Crippen LogP contribution in [0, 0.1) is 5.92 Å². The highest BCUT2D eigenvalue weighted by Gasteiger charge is 2.34. The number of fused-ring (bicyclic) bond motifs is 1. The highest BCUT2D eigenvalue weighted by molar-refractivity contribution is 7.90. The summed E-state index contributed by atoms with van der Waals surface area (Å²) in [6, 6.07) is 0. The predicted octanol–water partition coefficient (Wildman–Crippen LogP) is 2.25. The third-order valence-electron chi connectivity index (χ3n) is 5.91. The number of nitrogens with zero attached hydrogens (tertiary/aromatic N) is 3. The van der Waals surface area contributed by atoms with Gasteiger partial charge in [0.15, 0.2) is 9.84 Å². The molecular formula is C18H25N3O4S. The molecule has 1 saturated carbocycles. The lowest BCUT2D eigenvalue weighted by Gasteiger charge is -2.33. The number of piperidine rings is 1. The standard InChI is InChI=1S/C18H25N3O4S/c22-16(23)9-12-5-7-21(8-6-12)18-14-10-26(24,25)11-15(14)19-17(20-18)13-3-1-2-4-13/h12-13H,1-11H2,(H,22,23). The average molecular weight is 379 g/mol. The van der Waals surface area contributed by atoms with Crippen molar-refractivity contribution in [3.63, 3.8) is 0 Å². The van der Waals surface area contributed by atoms with Crippen LogP contribution in [0.1, 0.15) is 67.9 Å². The molecule has 2 fully saturated rings. The molecule has 142 valence electrons. The Morgan fingerprint density at radius 2 is 1.77 bits per heavy atom. The van der Waals surface area contributed by atoms with Crippen LogP contribution in [-0.4, -0.2) is 42.6 Å². The summed E-state index contributed by atoms with van der Waals surface area (Å²) in [5, 5.41) is 8.99. The largest absolute Gasteiger partial charge is 0.481 e. The second-order valence-corrected chi connectivity index (χ2v) is 9.94. The Morgan fingerprint density at radius 1 is 1.08 bits per heavy atom. The molecule has 1 N–H and O–H groups in total. The van der Waals surface area contributed by atoms with Crippen molar-refractivity contribution < 1.29 is 18.3 Å². The molecule has 3 heterocycles. The molecule has 2 aliphatic heterocycles. The number of aromatic nitrogens is 2. The lowest BCUT2D eigenvalue weighted by Crippen LogP contribution is -2.36. The van der Waals surface area contributed by atoms with Crippen LogP contribution in [0.3, 0.4) is 0 Å². The molecule has 8 heteroatoms. The molecule has 0 atom stereocenters. The van der Waals surface area contributed by atoms with Crippen LogP contribution in [0.15, 0.2) is 0 Å². The number of carboxylic acids is 1. The monoisotopic (exact) mass is 379 g/mol. The summed E-state index contributed by atoms with van der Waals surface area (Å²) in [5.74, 6) is 1.42. The van der Waals surface area contributed by atoms with E-state index < -0.39 is 15.8 Å². The Hall–Kier alpha value is -1.70. The van der Waals surface area contributed by atoms with Crippen molar-refractivity contribution in [3.05, 3.63) is 17.1 Å². The van der Waals surface area contributed by atoms with Crippen LogP contribution in [-0.2, 0) is 26.1 Å². The topological polar surface area (TPSA) is 100 Å². The molecule has 0 spiro atoms. The summed E-state index contributed by atoms with van der Waals surface area (Å²) in [6.45, 7) is 1.46. The van der Waals surface area contributed by atoms with E-state index in [9.17, 15) is 13.2 Å². The molecule has 1 aromatic heterocycles. The SMILES string of the molecule is O=C(O)CC1CCN(c2nc(C3CCCC3)nc3c2CS(=O)(=O)C3)CC1. The number of sulfone groups is 1. The molecule has 1 aliphatic carbocycles. The van der Waals surface area contributed by atoms with Gasteiger partial charge in [0, 0.05) is 31.0 Å². The molecule has 26 heavy (non-hydrogen) atoms. The summed E-state index contributed by atoms with van der Waals surface area (Å²) < 4.78 is 24.4. The molecule has 1 aromatic rings. The van der Waals surface area contributed by atoms with Gasteiger partial charge in [-0.2, -0.15) is 0 Å². The van der Waals surface area contributed by atoms with Gasteiger partial charge in [-0.25, -0.2) is 18.4 Å². The number of hydrogen-bond acceptors (Lipinski definition) is 6. The zero-order chi connectivity index (χ0) is 18.3. The van der Waals surface area contributed by atoms with E-state index in [4.69, 9.17) is 10.1 Å². The predicted molar refractivity (Wildman–Crippen MR) is 96.8 cm³/mol. The molecular weight excluding hydrogens is 354 g/mol. The molecule has 4 rings (SSSR count). The van der Waals surface area contributed by atoms with Gasteiger partial charge < -0.3 is 10.0 Å². The van der Waals surface area contributed by atoms with Crippen LogP contribution in [0.4, 0.5) is 5.82 Å². The fourth-order valence-electron chi connectivity index (χ4n) is 4.51. The maximum Gasteiger partial charge on any atom is 0.303 e. The van der Waals surface area contributed by atoms with Crippen molar-refractivity contribution in [1.82, 2.24) is 9.97 Å². The first-order valence-electron chi connectivity index (χ1n) is 9.48. The number of hydrogen-bond donors (Lipinski definition) is 1. The molecule has 0 unspecified atom stereocenters. The van der Waals surface area contributed by atoms with Crippen LogP contribution in [0.2, 0.25) is 0 Å². The van der Waals surface area contributed by atoms with Gasteiger partial charge in [0.05, 0.1) is 17.2 Å².